The Bertz CT molecular complexity index is 820. The van der Waals surface area contributed by atoms with Gasteiger partial charge in [-0.05, 0) is 73.9 Å². The highest BCUT2D eigenvalue weighted by molar-refractivity contribution is 5.78. The van der Waals surface area contributed by atoms with Crippen LogP contribution in [0.4, 0.5) is 4.39 Å². The van der Waals surface area contributed by atoms with Crippen LogP contribution < -0.4 is 4.74 Å². The molecule has 2 aliphatic rings. The molecule has 2 aromatic rings. The fourth-order valence-electron chi connectivity index (χ4n) is 4.55. The van der Waals surface area contributed by atoms with Crippen molar-refractivity contribution in [3.63, 3.8) is 0 Å². The number of hydrogen-bond donors (Lipinski definition) is 0. The second-order valence-electron chi connectivity index (χ2n) is 8.40. The minimum Gasteiger partial charge on any atom is -0.494 e. The number of benzene rings is 1. The van der Waals surface area contributed by atoms with Gasteiger partial charge in [-0.1, -0.05) is 6.07 Å². The van der Waals surface area contributed by atoms with Crippen molar-refractivity contribution in [2.24, 2.45) is 5.92 Å². The lowest BCUT2D eigenvalue weighted by atomic mass is 9.78. The minimum atomic E-state index is -0.251. The molecule has 2 fully saturated rings. The summed E-state index contributed by atoms with van der Waals surface area (Å²) < 4.78 is 25.0. The zero-order valence-electron chi connectivity index (χ0n) is 17.3. The van der Waals surface area contributed by atoms with Gasteiger partial charge < -0.3 is 14.4 Å². The van der Waals surface area contributed by atoms with Crippen molar-refractivity contribution in [3.8, 4) is 5.75 Å². The van der Waals surface area contributed by atoms with Crippen LogP contribution in [0.3, 0.4) is 0 Å². The first kappa shape index (κ1) is 20.8. The van der Waals surface area contributed by atoms with E-state index in [-0.39, 0.29) is 17.3 Å². The van der Waals surface area contributed by atoms with Crippen molar-refractivity contribution < 1.29 is 18.7 Å². The lowest BCUT2D eigenvalue weighted by molar-refractivity contribution is -0.147. The molecule has 1 amide bonds. The molecule has 2 saturated heterocycles. The van der Waals surface area contributed by atoms with E-state index in [0.717, 1.165) is 57.4 Å². The van der Waals surface area contributed by atoms with Crippen LogP contribution in [0.1, 0.15) is 37.7 Å². The van der Waals surface area contributed by atoms with Gasteiger partial charge in [0.15, 0.2) is 0 Å². The molecular weight excluding hydrogens is 383 g/mol. The van der Waals surface area contributed by atoms with Crippen LogP contribution >= 0.6 is 0 Å². The Labute approximate surface area is 177 Å². The molecule has 0 N–H and O–H groups in total. The van der Waals surface area contributed by atoms with Crippen LogP contribution in [0.15, 0.2) is 48.8 Å². The van der Waals surface area contributed by atoms with Crippen LogP contribution in [0.25, 0.3) is 0 Å². The van der Waals surface area contributed by atoms with Crippen LogP contribution in [0.5, 0.6) is 5.75 Å². The molecule has 160 valence electrons. The van der Waals surface area contributed by atoms with E-state index in [9.17, 15) is 9.18 Å². The minimum absolute atomic E-state index is 0.107. The summed E-state index contributed by atoms with van der Waals surface area (Å²) in [6.07, 6.45) is 8.69. The van der Waals surface area contributed by atoms with Crippen LogP contribution in [0.2, 0.25) is 0 Å². The van der Waals surface area contributed by atoms with Gasteiger partial charge in [0.05, 0.1) is 18.6 Å². The molecule has 1 spiro atoms. The molecule has 0 saturated carbocycles. The monoisotopic (exact) mass is 412 g/mol. The van der Waals surface area contributed by atoms with Gasteiger partial charge in [0.2, 0.25) is 5.91 Å². The summed E-state index contributed by atoms with van der Waals surface area (Å²) in [6.45, 7) is 2.89. The fraction of sp³-hybridized carbons (Fsp3) is 0.500. The molecule has 4 rings (SSSR count). The number of hydrogen-bond acceptors (Lipinski definition) is 4. The predicted octanol–water partition coefficient (Wildman–Crippen LogP) is 4.02. The number of carbonyl (C=O) groups excluding carboxylic acids is 1. The van der Waals surface area contributed by atoms with Crippen LogP contribution in [-0.2, 0) is 16.0 Å². The Hall–Kier alpha value is -2.47. The van der Waals surface area contributed by atoms with Gasteiger partial charge in [-0.25, -0.2) is 4.39 Å². The van der Waals surface area contributed by atoms with E-state index in [4.69, 9.17) is 9.47 Å². The zero-order chi connectivity index (χ0) is 20.8. The van der Waals surface area contributed by atoms with Crippen molar-refractivity contribution in [1.29, 1.82) is 0 Å². The van der Waals surface area contributed by atoms with Crippen molar-refractivity contribution >= 4 is 5.91 Å². The van der Waals surface area contributed by atoms with E-state index in [2.05, 4.69) is 4.98 Å². The highest BCUT2D eigenvalue weighted by Gasteiger charge is 2.40. The lowest BCUT2D eigenvalue weighted by Crippen LogP contribution is -2.51. The van der Waals surface area contributed by atoms with Gasteiger partial charge >= 0.3 is 0 Å². The van der Waals surface area contributed by atoms with Gasteiger partial charge in [0.1, 0.15) is 11.6 Å². The van der Waals surface area contributed by atoms with Crippen molar-refractivity contribution in [2.45, 2.75) is 44.1 Å². The Morgan fingerprint density at radius 1 is 1.23 bits per heavy atom. The summed E-state index contributed by atoms with van der Waals surface area (Å²) in [7, 11) is 0. The summed E-state index contributed by atoms with van der Waals surface area (Å²) in [6, 6.07) is 9.98. The molecule has 0 radical (unpaired) electrons. The Morgan fingerprint density at radius 2 is 2.03 bits per heavy atom. The third-order valence-electron chi connectivity index (χ3n) is 6.31. The first-order valence-electron chi connectivity index (χ1n) is 10.8. The van der Waals surface area contributed by atoms with E-state index in [1.54, 1.807) is 24.5 Å². The number of nitrogens with zero attached hydrogens (tertiary/aromatic N) is 2. The summed E-state index contributed by atoms with van der Waals surface area (Å²) in [5.74, 6) is 1.17. The molecular formula is C24H29FN2O3. The molecule has 1 aromatic carbocycles. The number of ether oxygens (including phenoxy) is 2. The Kier molecular flexibility index (Phi) is 6.62. The summed E-state index contributed by atoms with van der Waals surface area (Å²) in [4.78, 5) is 18.7. The van der Waals surface area contributed by atoms with E-state index in [0.29, 0.717) is 24.7 Å². The largest absolute Gasteiger partial charge is 0.494 e. The molecule has 0 aliphatic carbocycles. The number of aromatic nitrogens is 1. The summed E-state index contributed by atoms with van der Waals surface area (Å²) in [5, 5.41) is 0. The molecule has 1 unspecified atom stereocenters. The van der Waals surface area contributed by atoms with Gasteiger partial charge in [-0.2, -0.15) is 0 Å². The highest BCUT2D eigenvalue weighted by atomic mass is 19.1. The molecule has 2 aliphatic heterocycles. The average molecular weight is 413 g/mol. The second kappa shape index (κ2) is 9.56. The predicted molar refractivity (Wildman–Crippen MR) is 112 cm³/mol. The molecule has 30 heavy (non-hydrogen) atoms. The maximum Gasteiger partial charge on any atom is 0.227 e. The number of halogens is 1. The standard InChI is InChI=1S/C24H29FN2O3/c25-21-3-5-22(6-4-21)29-14-7-19-8-15-30-24(17-19)9-12-27(13-10-24)23(28)16-20-2-1-11-26-18-20/h1-6,11,18-19H,7-10,12-17H2. The number of piperidine rings is 1. The molecule has 6 heteroatoms. The number of pyridine rings is 1. The van der Waals surface area contributed by atoms with Gasteiger partial charge in [-0.15, -0.1) is 0 Å². The maximum atomic E-state index is 13.0. The average Bonchev–Trinajstić information content (AvgIpc) is 2.76. The van der Waals surface area contributed by atoms with Gasteiger partial charge in [0.25, 0.3) is 0 Å². The van der Waals surface area contributed by atoms with Crippen molar-refractivity contribution in [2.75, 3.05) is 26.3 Å². The van der Waals surface area contributed by atoms with E-state index >= 15 is 0 Å². The van der Waals surface area contributed by atoms with E-state index in [1.807, 2.05) is 17.0 Å². The van der Waals surface area contributed by atoms with Crippen LogP contribution in [0, 0.1) is 11.7 Å². The second-order valence-corrected chi connectivity index (χ2v) is 8.40. The number of carbonyl (C=O) groups is 1. The number of rotatable bonds is 6. The number of likely N-dealkylation sites (tertiary alicyclic amines) is 1. The third-order valence-corrected chi connectivity index (χ3v) is 6.31. The number of amides is 1. The zero-order valence-corrected chi connectivity index (χ0v) is 17.3. The molecule has 1 atom stereocenters. The summed E-state index contributed by atoms with van der Waals surface area (Å²) in [5.41, 5.74) is 0.849. The van der Waals surface area contributed by atoms with Gasteiger partial charge in [0, 0.05) is 32.1 Å². The fourth-order valence-corrected chi connectivity index (χ4v) is 4.55. The van der Waals surface area contributed by atoms with Crippen molar-refractivity contribution in [1.82, 2.24) is 9.88 Å². The van der Waals surface area contributed by atoms with E-state index in [1.165, 1.54) is 12.1 Å². The Balaban J connectivity index is 1.23. The SMILES string of the molecule is O=C(Cc1cccnc1)N1CCC2(CC1)CC(CCOc1ccc(F)cc1)CCO2. The quantitative estimate of drug-likeness (QED) is 0.719. The molecule has 5 nitrogen and oxygen atoms in total. The van der Waals surface area contributed by atoms with Crippen molar-refractivity contribution in [3.05, 3.63) is 60.2 Å². The van der Waals surface area contributed by atoms with Gasteiger partial charge in [-0.3, -0.25) is 9.78 Å². The molecule has 0 bridgehead atoms. The maximum absolute atomic E-state index is 13.0. The topological polar surface area (TPSA) is 51.7 Å². The summed E-state index contributed by atoms with van der Waals surface area (Å²) >= 11 is 0. The normalized spacial score (nSPS) is 20.8. The first-order valence-corrected chi connectivity index (χ1v) is 10.8. The highest BCUT2D eigenvalue weighted by Crippen LogP contribution is 2.39. The molecule has 3 heterocycles. The van der Waals surface area contributed by atoms with E-state index < -0.39 is 0 Å². The molecule has 1 aromatic heterocycles. The van der Waals surface area contributed by atoms with Crippen LogP contribution in [-0.4, -0.2) is 47.7 Å². The Morgan fingerprint density at radius 3 is 2.77 bits per heavy atom. The lowest BCUT2D eigenvalue weighted by Gasteiger charge is -2.46. The smallest absolute Gasteiger partial charge is 0.227 e. The third kappa shape index (κ3) is 5.36. The first-order chi connectivity index (χ1) is 14.6.